The summed E-state index contributed by atoms with van der Waals surface area (Å²) < 4.78 is 7.53. The molecule has 186 valence electrons. The van der Waals surface area contributed by atoms with Gasteiger partial charge in [0.25, 0.3) is 5.56 Å². The second-order valence-electron chi connectivity index (χ2n) is 9.41. The molecule has 0 aliphatic carbocycles. The van der Waals surface area contributed by atoms with E-state index in [1.807, 2.05) is 67.6 Å². The first kappa shape index (κ1) is 23.0. The first-order valence-electron chi connectivity index (χ1n) is 12.6. The number of rotatable bonds is 7. The SMILES string of the molecule is CCOc1ccc2[nH]c(=O)c([C@@H](c3nnnn3Cc3ccccc3)N3c4ccccc4C[C@H]3C)cc2c1. The van der Waals surface area contributed by atoms with Crippen molar-refractivity contribution in [3.8, 4) is 5.75 Å². The lowest BCUT2D eigenvalue weighted by molar-refractivity contribution is 0.340. The van der Waals surface area contributed by atoms with Crippen LogP contribution in [-0.2, 0) is 13.0 Å². The van der Waals surface area contributed by atoms with E-state index in [2.05, 4.69) is 50.5 Å². The molecular weight excluding hydrogens is 464 g/mol. The molecule has 3 heterocycles. The number of hydrogen-bond acceptors (Lipinski definition) is 6. The zero-order valence-electron chi connectivity index (χ0n) is 20.8. The van der Waals surface area contributed by atoms with Crippen LogP contribution in [0.2, 0.25) is 0 Å². The number of nitrogens with one attached hydrogen (secondary N) is 1. The molecule has 5 aromatic rings. The van der Waals surface area contributed by atoms with E-state index in [9.17, 15) is 4.79 Å². The van der Waals surface area contributed by atoms with Crippen LogP contribution in [0.5, 0.6) is 5.75 Å². The van der Waals surface area contributed by atoms with E-state index in [1.165, 1.54) is 5.56 Å². The summed E-state index contributed by atoms with van der Waals surface area (Å²) in [6.45, 7) is 5.21. The summed E-state index contributed by atoms with van der Waals surface area (Å²) in [4.78, 5) is 19.0. The molecule has 0 amide bonds. The van der Waals surface area contributed by atoms with E-state index in [0.717, 1.165) is 34.3 Å². The van der Waals surface area contributed by atoms with Crippen LogP contribution < -0.4 is 15.2 Å². The highest BCUT2D eigenvalue weighted by molar-refractivity contribution is 5.81. The number of para-hydroxylation sites is 1. The van der Waals surface area contributed by atoms with Crippen molar-refractivity contribution in [2.75, 3.05) is 11.5 Å². The van der Waals surface area contributed by atoms with E-state index in [1.54, 1.807) is 4.68 Å². The van der Waals surface area contributed by atoms with Crippen LogP contribution in [0.25, 0.3) is 10.9 Å². The van der Waals surface area contributed by atoms with Crippen LogP contribution in [0.15, 0.2) is 83.7 Å². The van der Waals surface area contributed by atoms with E-state index >= 15 is 0 Å². The van der Waals surface area contributed by atoms with Gasteiger partial charge in [0.1, 0.15) is 11.8 Å². The average Bonchev–Trinajstić information content (AvgIpc) is 3.49. The lowest BCUT2D eigenvalue weighted by atomic mass is 10.0. The van der Waals surface area contributed by atoms with Crippen molar-refractivity contribution in [3.05, 3.63) is 112 Å². The van der Waals surface area contributed by atoms with Gasteiger partial charge in [-0.25, -0.2) is 4.68 Å². The Labute approximate surface area is 214 Å². The number of anilines is 1. The number of tetrazole rings is 1. The predicted octanol–water partition coefficient (Wildman–Crippen LogP) is 4.50. The number of aromatic nitrogens is 5. The molecule has 1 aliphatic rings. The van der Waals surface area contributed by atoms with E-state index in [0.29, 0.717) is 24.5 Å². The van der Waals surface area contributed by atoms with Gasteiger partial charge in [0, 0.05) is 28.2 Å². The summed E-state index contributed by atoms with van der Waals surface area (Å²) in [5, 5.41) is 13.8. The van der Waals surface area contributed by atoms with E-state index < -0.39 is 6.04 Å². The standard InChI is InChI=1S/C29H28N6O2/c1-3-37-23-13-14-25-22(16-23)17-24(29(36)30-25)27(35-19(2)15-21-11-7-8-12-26(21)35)28-31-32-33-34(28)18-20-9-5-4-6-10-20/h4-14,16-17,19,27H,3,15,18H2,1-2H3,(H,30,36)/t19-,27+/m1/s1. The summed E-state index contributed by atoms with van der Waals surface area (Å²) in [6.07, 6.45) is 0.882. The Kier molecular flexibility index (Phi) is 5.92. The molecule has 2 aromatic heterocycles. The largest absolute Gasteiger partial charge is 0.494 e. The number of nitrogens with zero attached hydrogens (tertiary/aromatic N) is 5. The highest BCUT2D eigenvalue weighted by Crippen LogP contribution is 2.40. The summed E-state index contributed by atoms with van der Waals surface area (Å²) in [5.74, 6) is 1.39. The molecule has 0 bridgehead atoms. The monoisotopic (exact) mass is 492 g/mol. The van der Waals surface area contributed by atoms with Crippen LogP contribution in [0.3, 0.4) is 0 Å². The second-order valence-corrected chi connectivity index (χ2v) is 9.41. The second kappa shape index (κ2) is 9.54. The zero-order chi connectivity index (χ0) is 25.4. The minimum Gasteiger partial charge on any atom is -0.494 e. The molecule has 8 nitrogen and oxygen atoms in total. The van der Waals surface area contributed by atoms with Crippen molar-refractivity contribution >= 4 is 16.6 Å². The normalized spacial score (nSPS) is 15.6. The lowest BCUT2D eigenvalue weighted by Gasteiger charge is -2.33. The minimum absolute atomic E-state index is 0.147. The van der Waals surface area contributed by atoms with E-state index in [-0.39, 0.29) is 11.6 Å². The first-order chi connectivity index (χ1) is 18.1. The molecular formula is C29H28N6O2. The Morgan fingerprint density at radius 2 is 1.86 bits per heavy atom. The van der Waals surface area contributed by atoms with Gasteiger partial charge >= 0.3 is 0 Å². The first-order valence-corrected chi connectivity index (χ1v) is 12.6. The molecule has 8 heteroatoms. The fourth-order valence-electron chi connectivity index (χ4n) is 5.33. The molecule has 3 aromatic carbocycles. The number of pyridine rings is 1. The average molecular weight is 493 g/mol. The van der Waals surface area contributed by atoms with Gasteiger partial charge in [0.2, 0.25) is 0 Å². The number of ether oxygens (including phenoxy) is 1. The zero-order valence-corrected chi connectivity index (χ0v) is 20.8. The molecule has 0 saturated carbocycles. The van der Waals surface area contributed by atoms with Crippen molar-refractivity contribution in [2.24, 2.45) is 0 Å². The Hall–Kier alpha value is -4.46. The molecule has 2 atom stereocenters. The fraction of sp³-hybridized carbons (Fsp3) is 0.241. The van der Waals surface area contributed by atoms with Gasteiger partial charge in [0.15, 0.2) is 5.82 Å². The molecule has 0 fully saturated rings. The maximum atomic E-state index is 13.6. The molecule has 37 heavy (non-hydrogen) atoms. The highest BCUT2D eigenvalue weighted by Gasteiger charge is 2.37. The third-order valence-corrected chi connectivity index (χ3v) is 6.97. The van der Waals surface area contributed by atoms with Gasteiger partial charge in [-0.1, -0.05) is 48.5 Å². The molecule has 0 spiro atoms. The molecule has 0 saturated heterocycles. The van der Waals surface area contributed by atoms with Crippen molar-refractivity contribution in [1.82, 2.24) is 25.2 Å². The van der Waals surface area contributed by atoms with Crippen molar-refractivity contribution in [3.63, 3.8) is 0 Å². The third kappa shape index (κ3) is 4.24. The van der Waals surface area contributed by atoms with Crippen molar-refractivity contribution < 1.29 is 4.74 Å². The smallest absolute Gasteiger partial charge is 0.254 e. The highest BCUT2D eigenvalue weighted by atomic mass is 16.5. The van der Waals surface area contributed by atoms with Gasteiger partial charge in [0.05, 0.1) is 13.2 Å². The lowest BCUT2D eigenvalue weighted by Crippen LogP contribution is -2.38. The van der Waals surface area contributed by atoms with Gasteiger partial charge in [-0.15, -0.1) is 5.10 Å². The number of H-pyrrole nitrogens is 1. The van der Waals surface area contributed by atoms with Crippen LogP contribution in [-0.4, -0.2) is 37.8 Å². The summed E-state index contributed by atoms with van der Waals surface area (Å²) in [5.41, 5.74) is 4.62. The minimum atomic E-state index is -0.485. The maximum absolute atomic E-state index is 13.6. The van der Waals surface area contributed by atoms with Gasteiger partial charge in [-0.2, -0.15) is 0 Å². The number of aromatic amines is 1. The Morgan fingerprint density at radius 1 is 1.05 bits per heavy atom. The van der Waals surface area contributed by atoms with Crippen LogP contribution in [0.4, 0.5) is 5.69 Å². The number of benzene rings is 3. The van der Waals surface area contributed by atoms with Crippen molar-refractivity contribution in [2.45, 2.75) is 38.9 Å². The molecule has 1 N–H and O–H groups in total. The topological polar surface area (TPSA) is 88.9 Å². The summed E-state index contributed by atoms with van der Waals surface area (Å²) in [7, 11) is 0. The summed E-state index contributed by atoms with van der Waals surface area (Å²) >= 11 is 0. The third-order valence-electron chi connectivity index (χ3n) is 6.97. The molecule has 6 rings (SSSR count). The molecule has 0 radical (unpaired) electrons. The summed E-state index contributed by atoms with van der Waals surface area (Å²) in [6, 6.07) is 25.8. The number of fused-ring (bicyclic) bond motifs is 2. The fourth-order valence-corrected chi connectivity index (χ4v) is 5.33. The van der Waals surface area contributed by atoms with Crippen LogP contribution in [0.1, 0.15) is 42.4 Å². The quantitative estimate of drug-likeness (QED) is 0.360. The molecule has 1 aliphatic heterocycles. The predicted molar refractivity (Wildman–Crippen MR) is 143 cm³/mol. The molecule has 0 unspecified atom stereocenters. The Balaban J connectivity index is 1.54. The maximum Gasteiger partial charge on any atom is 0.254 e. The Morgan fingerprint density at radius 3 is 2.70 bits per heavy atom. The van der Waals surface area contributed by atoms with Crippen molar-refractivity contribution in [1.29, 1.82) is 0 Å². The van der Waals surface area contributed by atoms with Crippen LogP contribution in [0, 0.1) is 0 Å². The van der Waals surface area contributed by atoms with Gasteiger partial charge in [-0.05, 0) is 72.2 Å². The Bertz CT molecular complexity index is 1610. The van der Waals surface area contributed by atoms with E-state index in [4.69, 9.17) is 4.74 Å². The van der Waals surface area contributed by atoms with Gasteiger partial charge < -0.3 is 14.6 Å². The van der Waals surface area contributed by atoms with Gasteiger partial charge in [-0.3, -0.25) is 4.79 Å². The number of hydrogen-bond donors (Lipinski definition) is 1. The van der Waals surface area contributed by atoms with Crippen LogP contribution >= 0.6 is 0 Å².